The van der Waals surface area contributed by atoms with E-state index in [2.05, 4.69) is 25.9 Å². The molecule has 0 aliphatic heterocycles. The highest BCUT2D eigenvalue weighted by molar-refractivity contribution is 9.10. The molecule has 0 bridgehead atoms. The third-order valence-corrected chi connectivity index (χ3v) is 3.74. The van der Waals surface area contributed by atoms with Crippen molar-refractivity contribution in [1.82, 2.24) is 9.97 Å². The smallest absolute Gasteiger partial charge is 0.401 e. The van der Waals surface area contributed by atoms with E-state index in [4.69, 9.17) is 16.0 Å². The van der Waals surface area contributed by atoms with Gasteiger partial charge in [0.1, 0.15) is 5.69 Å². The first-order valence-electron chi connectivity index (χ1n) is 6.09. The van der Waals surface area contributed by atoms with Crippen LogP contribution in [0.4, 0.5) is 13.2 Å². The number of rotatable bonds is 1. The van der Waals surface area contributed by atoms with Crippen LogP contribution in [0.25, 0.3) is 22.5 Å². The second-order valence-corrected chi connectivity index (χ2v) is 5.84. The lowest BCUT2D eigenvalue weighted by Gasteiger charge is -2.08. The van der Waals surface area contributed by atoms with Crippen LogP contribution in [0.3, 0.4) is 0 Å². The summed E-state index contributed by atoms with van der Waals surface area (Å²) >= 11 is 9.05. The van der Waals surface area contributed by atoms with Gasteiger partial charge < -0.3 is 4.42 Å². The fourth-order valence-corrected chi connectivity index (χ4v) is 2.50. The Bertz CT molecular complexity index is 972. The molecular formula is C14H5BrClF3N2O2. The summed E-state index contributed by atoms with van der Waals surface area (Å²) in [5, 5.41) is -0.0851. The van der Waals surface area contributed by atoms with Gasteiger partial charge in [-0.3, -0.25) is 0 Å². The van der Waals surface area contributed by atoms with Gasteiger partial charge in [-0.05, 0) is 24.3 Å². The number of halogens is 5. The van der Waals surface area contributed by atoms with Crippen LogP contribution in [0.15, 0.2) is 44.1 Å². The van der Waals surface area contributed by atoms with Crippen LogP contribution < -0.4 is 5.63 Å². The van der Waals surface area contributed by atoms with Crippen LogP contribution in [0.2, 0.25) is 5.02 Å². The third kappa shape index (κ3) is 3.09. The van der Waals surface area contributed by atoms with E-state index in [9.17, 15) is 18.0 Å². The highest BCUT2D eigenvalue weighted by atomic mass is 79.9. The van der Waals surface area contributed by atoms with Gasteiger partial charge in [0.05, 0.1) is 21.5 Å². The predicted octanol–water partition coefficient (Wildman–Crippen LogP) is 4.68. The van der Waals surface area contributed by atoms with Gasteiger partial charge in [0, 0.05) is 10.7 Å². The maximum Gasteiger partial charge on any atom is 0.417 e. The molecule has 0 aliphatic carbocycles. The van der Waals surface area contributed by atoms with Gasteiger partial charge in [-0.15, -0.1) is 0 Å². The van der Waals surface area contributed by atoms with Crippen molar-refractivity contribution in [2.24, 2.45) is 0 Å². The van der Waals surface area contributed by atoms with Crippen LogP contribution in [0, 0.1) is 0 Å². The lowest BCUT2D eigenvalue weighted by molar-refractivity contribution is -0.137. The lowest BCUT2D eigenvalue weighted by atomic mass is 10.2. The molecule has 3 rings (SSSR count). The molecule has 0 saturated heterocycles. The van der Waals surface area contributed by atoms with Crippen LogP contribution in [0.1, 0.15) is 5.56 Å². The first-order chi connectivity index (χ1) is 10.8. The number of nitrogens with zero attached hydrogens (tertiary/aromatic N) is 2. The molecule has 0 unspecified atom stereocenters. The summed E-state index contributed by atoms with van der Waals surface area (Å²) in [7, 11) is 0. The van der Waals surface area contributed by atoms with E-state index in [0.717, 1.165) is 0 Å². The molecule has 4 nitrogen and oxygen atoms in total. The minimum Gasteiger partial charge on any atom is -0.401 e. The molecule has 118 valence electrons. The maximum atomic E-state index is 12.6. The fourth-order valence-electron chi connectivity index (χ4n) is 1.90. The standard InChI is InChI=1S/C14H5BrClF3N2O2/c15-7-1-2-10-8(4-7)13(22)23-12(21-10)11-9(16)3-6(5-20-11)14(17,18)19/h1-5H. The lowest BCUT2D eigenvalue weighted by Crippen LogP contribution is -2.07. The minimum absolute atomic E-state index is 0.137. The Morgan fingerprint density at radius 1 is 1.22 bits per heavy atom. The summed E-state index contributed by atoms with van der Waals surface area (Å²) in [6.07, 6.45) is -3.96. The number of fused-ring (bicyclic) bond motifs is 1. The number of hydrogen-bond donors (Lipinski definition) is 0. The van der Waals surface area contributed by atoms with E-state index in [-0.39, 0.29) is 22.0 Å². The first-order valence-corrected chi connectivity index (χ1v) is 7.26. The van der Waals surface area contributed by atoms with Crippen molar-refractivity contribution in [1.29, 1.82) is 0 Å². The van der Waals surface area contributed by atoms with Gasteiger partial charge in [-0.1, -0.05) is 27.5 Å². The summed E-state index contributed by atoms with van der Waals surface area (Å²) in [5.41, 5.74) is -1.51. The summed E-state index contributed by atoms with van der Waals surface area (Å²) in [4.78, 5) is 19.7. The summed E-state index contributed by atoms with van der Waals surface area (Å²) in [5.74, 6) is -0.247. The average Bonchev–Trinajstić information content (AvgIpc) is 2.47. The van der Waals surface area contributed by atoms with Crippen molar-refractivity contribution in [3.63, 3.8) is 0 Å². The Hall–Kier alpha value is -1.93. The molecule has 3 aromatic rings. The van der Waals surface area contributed by atoms with Gasteiger partial charge in [0.25, 0.3) is 5.89 Å². The molecule has 2 aromatic heterocycles. The topological polar surface area (TPSA) is 56.0 Å². The molecule has 0 spiro atoms. The van der Waals surface area contributed by atoms with Crippen LogP contribution in [0.5, 0.6) is 0 Å². The molecule has 1 aromatic carbocycles. The molecule has 0 atom stereocenters. The molecule has 0 aliphatic rings. The Morgan fingerprint density at radius 2 is 1.96 bits per heavy atom. The largest absolute Gasteiger partial charge is 0.417 e. The first kappa shape index (κ1) is 15.9. The molecule has 0 amide bonds. The van der Waals surface area contributed by atoms with E-state index < -0.39 is 17.4 Å². The monoisotopic (exact) mass is 404 g/mol. The highest BCUT2D eigenvalue weighted by Crippen LogP contribution is 2.33. The predicted molar refractivity (Wildman–Crippen MR) is 81.2 cm³/mol. The SMILES string of the molecule is O=c1oc(-c2ncc(C(F)(F)F)cc2Cl)nc2ccc(Br)cc12. The number of pyridine rings is 1. The van der Waals surface area contributed by atoms with Crippen LogP contribution in [-0.4, -0.2) is 9.97 Å². The molecular weight excluding hydrogens is 401 g/mol. The molecule has 0 saturated carbocycles. The van der Waals surface area contributed by atoms with Gasteiger partial charge in [0.15, 0.2) is 0 Å². The van der Waals surface area contributed by atoms with Gasteiger partial charge in [-0.25, -0.2) is 14.8 Å². The molecule has 23 heavy (non-hydrogen) atoms. The summed E-state index contributed by atoms with van der Waals surface area (Å²) in [6, 6.07) is 5.47. The van der Waals surface area contributed by atoms with E-state index in [1.807, 2.05) is 0 Å². The second-order valence-electron chi connectivity index (χ2n) is 4.52. The van der Waals surface area contributed by atoms with Crippen LogP contribution >= 0.6 is 27.5 Å². The number of aromatic nitrogens is 2. The fraction of sp³-hybridized carbons (Fsp3) is 0.0714. The van der Waals surface area contributed by atoms with Crippen molar-refractivity contribution in [2.45, 2.75) is 6.18 Å². The van der Waals surface area contributed by atoms with Crippen molar-refractivity contribution in [2.75, 3.05) is 0 Å². The third-order valence-electron chi connectivity index (χ3n) is 2.96. The maximum absolute atomic E-state index is 12.6. The van der Waals surface area contributed by atoms with E-state index >= 15 is 0 Å². The zero-order chi connectivity index (χ0) is 16.8. The van der Waals surface area contributed by atoms with Crippen molar-refractivity contribution >= 4 is 38.4 Å². The van der Waals surface area contributed by atoms with Crippen molar-refractivity contribution in [3.05, 3.63) is 55.9 Å². The van der Waals surface area contributed by atoms with Gasteiger partial charge in [0.2, 0.25) is 0 Å². The van der Waals surface area contributed by atoms with Crippen LogP contribution in [-0.2, 0) is 6.18 Å². The molecule has 2 heterocycles. The average molecular weight is 406 g/mol. The summed E-state index contributed by atoms with van der Waals surface area (Å²) < 4.78 is 43.5. The minimum atomic E-state index is -4.57. The number of benzene rings is 1. The molecule has 0 radical (unpaired) electrons. The zero-order valence-electron chi connectivity index (χ0n) is 11.0. The van der Waals surface area contributed by atoms with Gasteiger partial charge in [-0.2, -0.15) is 13.2 Å². The molecule has 0 N–H and O–H groups in total. The number of hydrogen-bond acceptors (Lipinski definition) is 4. The van der Waals surface area contributed by atoms with Gasteiger partial charge >= 0.3 is 11.8 Å². The number of alkyl halides is 3. The van der Waals surface area contributed by atoms with E-state index in [0.29, 0.717) is 22.3 Å². The Balaban J connectivity index is 2.18. The van der Waals surface area contributed by atoms with E-state index in [1.54, 1.807) is 12.1 Å². The Morgan fingerprint density at radius 3 is 2.61 bits per heavy atom. The zero-order valence-corrected chi connectivity index (χ0v) is 13.3. The molecule has 0 fully saturated rings. The normalized spacial score (nSPS) is 11.9. The molecule has 9 heteroatoms. The van der Waals surface area contributed by atoms with Crippen molar-refractivity contribution < 1.29 is 17.6 Å². The second kappa shape index (κ2) is 5.61. The van der Waals surface area contributed by atoms with E-state index in [1.165, 1.54) is 6.07 Å². The summed E-state index contributed by atoms with van der Waals surface area (Å²) in [6.45, 7) is 0. The highest BCUT2D eigenvalue weighted by Gasteiger charge is 2.32. The quantitative estimate of drug-likeness (QED) is 0.590. The Kier molecular flexibility index (Phi) is 3.89. The van der Waals surface area contributed by atoms with Crippen molar-refractivity contribution in [3.8, 4) is 11.6 Å². The Labute approximate surface area is 140 Å².